The summed E-state index contributed by atoms with van der Waals surface area (Å²) in [5, 5.41) is 4.21. The normalized spacial score (nSPS) is 10.7. The zero-order chi connectivity index (χ0) is 17.9. The number of nitrogens with two attached hydrogens (primary N) is 1. The van der Waals surface area contributed by atoms with Gasteiger partial charge >= 0.3 is 0 Å². The van der Waals surface area contributed by atoms with Crippen LogP contribution in [0.4, 0.5) is 17.2 Å². The van der Waals surface area contributed by atoms with E-state index in [4.69, 9.17) is 15.5 Å². The number of hydrogen-bond acceptors (Lipinski definition) is 6. The van der Waals surface area contributed by atoms with E-state index in [1.807, 2.05) is 54.6 Å². The Hall–Kier alpha value is -3.67. The smallest absolute Gasteiger partial charge is 0.163 e. The number of ether oxygens (including phenoxy) is 1. The molecule has 0 bridgehead atoms. The summed E-state index contributed by atoms with van der Waals surface area (Å²) in [6.45, 7) is 0. The molecule has 6 heteroatoms. The lowest BCUT2D eigenvalue weighted by atomic mass is 10.2. The number of fused-ring (bicyclic) bond motifs is 1. The van der Waals surface area contributed by atoms with E-state index in [1.54, 1.807) is 19.5 Å². The van der Waals surface area contributed by atoms with Crippen molar-refractivity contribution in [3.05, 3.63) is 67.0 Å². The second-order valence-electron chi connectivity index (χ2n) is 5.77. The molecule has 2 aromatic carbocycles. The van der Waals surface area contributed by atoms with Gasteiger partial charge in [-0.05, 0) is 54.6 Å². The number of pyridine rings is 1. The second kappa shape index (κ2) is 6.68. The Balaban J connectivity index is 1.83. The number of anilines is 3. The van der Waals surface area contributed by atoms with Gasteiger partial charge in [-0.3, -0.25) is 4.98 Å². The number of benzene rings is 2. The lowest BCUT2D eigenvalue weighted by Crippen LogP contribution is -2.00. The number of hydrogen-bond donors (Lipinski definition) is 2. The van der Waals surface area contributed by atoms with Crippen molar-refractivity contribution >= 4 is 28.1 Å². The molecule has 0 saturated carbocycles. The molecule has 0 unspecified atom stereocenters. The first-order chi connectivity index (χ1) is 12.7. The van der Waals surface area contributed by atoms with Crippen molar-refractivity contribution in [2.75, 3.05) is 18.2 Å². The molecule has 128 valence electrons. The van der Waals surface area contributed by atoms with Gasteiger partial charge in [0, 0.05) is 34.7 Å². The van der Waals surface area contributed by atoms with Crippen LogP contribution in [0.3, 0.4) is 0 Å². The van der Waals surface area contributed by atoms with E-state index in [0.717, 1.165) is 27.9 Å². The molecule has 4 aromatic rings. The fraction of sp³-hybridized carbons (Fsp3) is 0.0500. The molecule has 3 N–H and O–H groups in total. The predicted octanol–water partition coefficient (Wildman–Crippen LogP) is 4.03. The van der Waals surface area contributed by atoms with E-state index in [0.29, 0.717) is 17.3 Å². The molecule has 26 heavy (non-hydrogen) atoms. The Morgan fingerprint density at radius 3 is 2.58 bits per heavy atom. The van der Waals surface area contributed by atoms with Gasteiger partial charge in [0.05, 0.1) is 12.6 Å². The molecule has 0 aliphatic rings. The highest BCUT2D eigenvalue weighted by atomic mass is 16.5. The van der Waals surface area contributed by atoms with E-state index < -0.39 is 0 Å². The van der Waals surface area contributed by atoms with Gasteiger partial charge in [0.15, 0.2) is 5.82 Å². The van der Waals surface area contributed by atoms with Crippen LogP contribution in [0, 0.1) is 0 Å². The third-order valence-corrected chi connectivity index (χ3v) is 3.99. The summed E-state index contributed by atoms with van der Waals surface area (Å²) in [6.07, 6.45) is 3.47. The third-order valence-electron chi connectivity index (χ3n) is 3.99. The number of aromatic nitrogens is 3. The van der Waals surface area contributed by atoms with Gasteiger partial charge in [-0.1, -0.05) is 0 Å². The minimum Gasteiger partial charge on any atom is -0.497 e. The van der Waals surface area contributed by atoms with E-state index >= 15 is 0 Å². The highest BCUT2D eigenvalue weighted by molar-refractivity contribution is 5.94. The molecule has 4 rings (SSSR count). The number of methoxy groups -OCH3 is 1. The summed E-state index contributed by atoms with van der Waals surface area (Å²) >= 11 is 0. The molecule has 0 spiro atoms. The Morgan fingerprint density at radius 1 is 1.00 bits per heavy atom. The van der Waals surface area contributed by atoms with E-state index in [2.05, 4.69) is 15.3 Å². The fourth-order valence-electron chi connectivity index (χ4n) is 2.68. The SMILES string of the molecule is COc1ccc(Nc2nc(-c3cccnc3)nc3ccc(N)cc23)cc1. The van der Waals surface area contributed by atoms with Crippen molar-refractivity contribution in [2.24, 2.45) is 0 Å². The lowest BCUT2D eigenvalue weighted by molar-refractivity contribution is 0.415. The van der Waals surface area contributed by atoms with Crippen LogP contribution in [-0.4, -0.2) is 22.1 Å². The van der Waals surface area contributed by atoms with Crippen LogP contribution in [0.2, 0.25) is 0 Å². The van der Waals surface area contributed by atoms with Crippen LogP contribution in [0.15, 0.2) is 67.0 Å². The Kier molecular flexibility index (Phi) is 4.07. The highest BCUT2D eigenvalue weighted by Crippen LogP contribution is 2.29. The largest absolute Gasteiger partial charge is 0.497 e. The van der Waals surface area contributed by atoms with Gasteiger partial charge in [0.2, 0.25) is 0 Å². The van der Waals surface area contributed by atoms with Crippen LogP contribution in [0.5, 0.6) is 5.75 Å². The van der Waals surface area contributed by atoms with E-state index in [1.165, 1.54) is 0 Å². The van der Waals surface area contributed by atoms with Gasteiger partial charge < -0.3 is 15.8 Å². The zero-order valence-corrected chi connectivity index (χ0v) is 14.2. The van der Waals surface area contributed by atoms with Gasteiger partial charge in [-0.2, -0.15) is 0 Å². The molecular formula is C20H17N5O. The number of rotatable bonds is 4. The number of nitrogens with one attached hydrogen (secondary N) is 1. The second-order valence-corrected chi connectivity index (χ2v) is 5.77. The maximum Gasteiger partial charge on any atom is 0.163 e. The van der Waals surface area contributed by atoms with Crippen LogP contribution < -0.4 is 15.8 Å². The minimum atomic E-state index is 0.603. The van der Waals surface area contributed by atoms with Crippen molar-refractivity contribution in [3.8, 4) is 17.1 Å². The first kappa shape index (κ1) is 15.8. The molecule has 0 saturated heterocycles. The van der Waals surface area contributed by atoms with Gasteiger partial charge in [-0.15, -0.1) is 0 Å². The third kappa shape index (κ3) is 3.12. The molecule has 2 aromatic heterocycles. The maximum atomic E-state index is 5.96. The van der Waals surface area contributed by atoms with E-state index in [-0.39, 0.29) is 0 Å². The van der Waals surface area contributed by atoms with Crippen molar-refractivity contribution in [1.82, 2.24) is 15.0 Å². The molecule has 6 nitrogen and oxygen atoms in total. The summed E-state index contributed by atoms with van der Waals surface area (Å²) in [6, 6.07) is 17.0. The summed E-state index contributed by atoms with van der Waals surface area (Å²) in [5.41, 5.74) is 9.18. The van der Waals surface area contributed by atoms with Crippen molar-refractivity contribution in [1.29, 1.82) is 0 Å². The number of nitrogens with zero attached hydrogens (tertiary/aromatic N) is 3. The van der Waals surface area contributed by atoms with Crippen molar-refractivity contribution in [3.63, 3.8) is 0 Å². The fourth-order valence-corrected chi connectivity index (χ4v) is 2.68. The van der Waals surface area contributed by atoms with Gasteiger partial charge in [0.25, 0.3) is 0 Å². The molecule has 0 aliphatic heterocycles. The Morgan fingerprint density at radius 2 is 1.85 bits per heavy atom. The van der Waals surface area contributed by atoms with Gasteiger partial charge in [-0.25, -0.2) is 9.97 Å². The average molecular weight is 343 g/mol. The maximum absolute atomic E-state index is 5.96. The summed E-state index contributed by atoms with van der Waals surface area (Å²) in [5.74, 6) is 2.08. The van der Waals surface area contributed by atoms with E-state index in [9.17, 15) is 0 Å². The number of nitrogen functional groups attached to an aromatic ring is 1. The molecule has 2 heterocycles. The Bertz CT molecular complexity index is 1050. The molecule has 0 fully saturated rings. The molecule has 0 radical (unpaired) electrons. The van der Waals surface area contributed by atoms with Crippen LogP contribution in [0.1, 0.15) is 0 Å². The van der Waals surface area contributed by atoms with Crippen molar-refractivity contribution < 1.29 is 4.74 Å². The quantitative estimate of drug-likeness (QED) is 0.544. The summed E-state index contributed by atoms with van der Waals surface area (Å²) in [7, 11) is 1.64. The van der Waals surface area contributed by atoms with Gasteiger partial charge in [0.1, 0.15) is 11.6 Å². The topological polar surface area (TPSA) is 86.0 Å². The summed E-state index contributed by atoms with van der Waals surface area (Å²) in [4.78, 5) is 13.5. The molecule has 0 aliphatic carbocycles. The molecular weight excluding hydrogens is 326 g/mol. The van der Waals surface area contributed by atoms with Crippen LogP contribution >= 0.6 is 0 Å². The predicted molar refractivity (Wildman–Crippen MR) is 103 cm³/mol. The lowest BCUT2D eigenvalue weighted by Gasteiger charge is -2.12. The molecule has 0 atom stereocenters. The first-order valence-electron chi connectivity index (χ1n) is 8.12. The minimum absolute atomic E-state index is 0.603. The monoisotopic (exact) mass is 343 g/mol. The highest BCUT2D eigenvalue weighted by Gasteiger charge is 2.10. The van der Waals surface area contributed by atoms with Crippen LogP contribution in [0.25, 0.3) is 22.3 Å². The Labute approximate surface area is 150 Å². The first-order valence-corrected chi connectivity index (χ1v) is 8.12. The average Bonchev–Trinajstić information content (AvgIpc) is 2.69. The summed E-state index contributed by atoms with van der Waals surface area (Å²) < 4.78 is 5.21. The zero-order valence-electron chi connectivity index (χ0n) is 14.2. The molecule has 0 amide bonds. The standard InChI is InChI=1S/C20H17N5O/c1-26-16-7-5-15(6-8-16)23-20-17-11-14(21)4-9-18(17)24-19(25-20)13-3-2-10-22-12-13/h2-12H,21H2,1H3,(H,23,24,25). The van der Waals surface area contributed by atoms with Crippen LogP contribution in [-0.2, 0) is 0 Å². The van der Waals surface area contributed by atoms with Crippen molar-refractivity contribution in [2.45, 2.75) is 0 Å².